The molecule has 3 aromatic rings. The summed E-state index contributed by atoms with van der Waals surface area (Å²) in [7, 11) is 0. The van der Waals surface area contributed by atoms with Crippen molar-refractivity contribution in [2.45, 2.75) is 0 Å². The van der Waals surface area contributed by atoms with Gasteiger partial charge in [-0.2, -0.15) is 5.26 Å². The summed E-state index contributed by atoms with van der Waals surface area (Å²) in [5, 5.41) is 14.0. The number of nitriles is 1. The Balaban J connectivity index is 1.99. The fourth-order valence-corrected chi connectivity index (χ4v) is 2.95. The van der Waals surface area contributed by atoms with Gasteiger partial charge in [-0.15, -0.1) is 0 Å². The molecule has 0 fully saturated rings. The molecule has 1 heterocycles. The first kappa shape index (κ1) is 13.2. The molecule has 1 aromatic heterocycles. The second-order valence-corrected chi connectivity index (χ2v) is 5.94. The maximum atomic E-state index is 8.92. The first-order valence-electron chi connectivity index (χ1n) is 5.68. The SMILES string of the molecule is N#Cc1ccc(Cl)c(Nc2nc3cc(Cl)ccc3s2)c1. The highest BCUT2D eigenvalue weighted by Gasteiger charge is 2.07. The quantitative estimate of drug-likeness (QED) is 0.704. The number of nitrogens with zero attached hydrogens (tertiary/aromatic N) is 2. The molecule has 0 unspecified atom stereocenters. The summed E-state index contributed by atoms with van der Waals surface area (Å²) in [6.45, 7) is 0. The van der Waals surface area contributed by atoms with Crippen LogP contribution in [0.1, 0.15) is 5.56 Å². The highest BCUT2D eigenvalue weighted by atomic mass is 35.5. The van der Waals surface area contributed by atoms with E-state index in [1.807, 2.05) is 18.2 Å². The van der Waals surface area contributed by atoms with E-state index in [2.05, 4.69) is 16.4 Å². The minimum atomic E-state index is 0.543. The zero-order valence-corrected chi connectivity index (χ0v) is 12.4. The first-order valence-corrected chi connectivity index (χ1v) is 7.26. The van der Waals surface area contributed by atoms with Crippen molar-refractivity contribution >= 4 is 55.6 Å². The van der Waals surface area contributed by atoms with Crippen LogP contribution in [0.5, 0.6) is 0 Å². The van der Waals surface area contributed by atoms with Gasteiger partial charge < -0.3 is 5.32 Å². The van der Waals surface area contributed by atoms with E-state index in [9.17, 15) is 0 Å². The molecule has 3 nitrogen and oxygen atoms in total. The van der Waals surface area contributed by atoms with Crippen LogP contribution >= 0.6 is 34.5 Å². The van der Waals surface area contributed by atoms with Crippen LogP contribution in [0, 0.1) is 11.3 Å². The second-order valence-electron chi connectivity index (χ2n) is 4.06. The van der Waals surface area contributed by atoms with Crippen molar-refractivity contribution < 1.29 is 0 Å². The maximum Gasteiger partial charge on any atom is 0.188 e. The molecule has 0 bridgehead atoms. The molecule has 2 aromatic carbocycles. The minimum Gasteiger partial charge on any atom is -0.330 e. The molecule has 98 valence electrons. The van der Waals surface area contributed by atoms with Crippen LogP contribution in [-0.4, -0.2) is 4.98 Å². The number of rotatable bonds is 2. The first-order chi connectivity index (χ1) is 9.65. The summed E-state index contributed by atoms with van der Waals surface area (Å²) in [4.78, 5) is 4.45. The average molecular weight is 320 g/mol. The van der Waals surface area contributed by atoms with E-state index < -0.39 is 0 Å². The molecule has 20 heavy (non-hydrogen) atoms. The molecule has 0 aliphatic rings. The highest BCUT2D eigenvalue weighted by Crippen LogP contribution is 2.32. The summed E-state index contributed by atoms with van der Waals surface area (Å²) in [6.07, 6.45) is 0. The number of anilines is 2. The highest BCUT2D eigenvalue weighted by molar-refractivity contribution is 7.22. The van der Waals surface area contributed by atoms with Crippen LogP contribution in [0.2, 0.25) is 10.0 Å². The van der Waals surface area contributed by atoms with Crippen LogP contribution < -0.4 is 5.32 Å². The third-order valence-electron chi connectivity index (χ3n) is 2.69. The predicted octanol–water partition coefficient (Wildman–Crippen LogP) is 5.22. The Morgan fingerprint density at radius 2 is 2.00 bits per heavy atom. The van der Waals surface area contributed by atoms with Crippen molar-refractivity contribution in [3.05, 3.63) is 52.0 Å². The molecule has 0 radical (unpaired) electrons. The van der Waals surface area contributed by atoms with E-state index in [0.717, 1.165) is 10.2 Å². The number of halogens is 2. The molecule has 0 saturated carbocycles. The Kier molecular flexibility index (Phi) is 3.49. The van der Waals surface area contributed by atoms with E-state index in [4.69, 9.17) is 28.5 Å². The van der Waals surface area contributed by atoms with Gasteiger partial charge in [0.1, 0.15) is 0 Å². The molecule has 3 rings (SSSR count). The number of nitrogens with one attached hydrogen (secondary N) is 1. The zero-order chi connectivity index (χ0) is 14.1. The zero-order valence-electron chi connectivity index (χ0n) is 10.0. The van der Waals surface area contributed by atoms with Crippen LogP contribution in [0.25, 0.3) is 10.2 Å². The van der Waals surface area contributed by atoms with Gasteiger partial charge >= 0.3 is 0 Å². The number of hydrogen-bond donors (Lipinski definition) is 1. The Morgan fingerprint density at radius 3 is 2.80 bits per heavy atom. The van der Waals surface area contributed by atoms with Crippen LogP contribution in [-0.2, 0) is 0 Å². The standard InChI is InChI=1S/C14H7Cl2N3S/c15-9-2-4-13-12(6-9)19-14(20-13)18-11-5-8(7-17)1-3-10(11)16/h1-6H,(H,18,19). The number of fused-ring (bicyclic) bond motifs is 1. The van der Waals surface area contributed by atoms with Crippen LogP contribution in [0.3, 0.4) is 0 Å². The minimum absolute atomic E-state index is 0.543. The summed E-state index contributed by atoms with van der Waals surface area (Å²) in [5.74, 6) is 0. The molecule has 0 spiro atoms. The molecule has 0 aliphatic carbocycles. The Hall–Kier alpha value is -1.80. The molecule has 0 saturated heterocycles. The molecule has 0 amide bonds. The monoisotopic (exact) mass is 319 g/mol. The fourth-order valence-electron chi connectivity index (χ4n) is 1.76. The van der Waals surface area contributed by atoms with Crippen molar-refractivity contribution in [3.8, 4) is 6.07 Å². The molecule has 6 heteroatoms. The van der Waals surface area contributed by atoms with Gasteiger partial charge in [-0.1, -0.05) is 34.5 Å². The average Bonchev–Trinajstić information content (AvgIpc) is 2.82. The van der Waals surface area contributed by atoms with Crippen molar-refractivity contribution in [3.63, 3.8) is 0 Å². The number of benzene rings is 2. The third kappa shape index (κ3) is 2.56. The fraction of sp³-hybridized carbons (Fsp3) is 0. The summed E-state index contributed by atoms with van der Waals surface area (Å²) in [6, 6.07) is 12.7. The van der Waals surface area contributed by atoms with Gasteiger partial charge in [-0.3, -0.25) is 0 Å². The molecule has 0 atom stereocenters. The Bertz CT molecular complexity index is 836. The predicted molar refractivity (Wildman–Crippen MR) is 84.1 cm³/mol. The van der Waals surface area contributed by atoms with Crippen LogP contribution in [0.15, 0.2) is 36.4 Å². The van der Waals surface area contributed by atoms with Gasteiger partial charge in [0.25, 0.3) is 0 Å². The number of thiazole rings is 1. The Morgan fingerprint density at radius 1 is 1.15 bits per heavy atom. The van der Waals surface area contributed by atoms with Gasteiger partial charge in [0.05, 0.1) is 32.6 Å². The third-order valence-corrected chi connectivity index (χ3v) is 4.20. The summed E-state index contributed by atoms with van der Waals surface area (Å²) < 4.78 is 1.03. The lowest BCUT2D eigenvalue weighted by molar-refractivity contribution is 1.43. The van der Waals surface area contributed by atoms with E-state index in [1.165, 1.54) is 11.3 Å². The van der Waals surface area contributed by atoms with Crippen molar-refractivity contribution in [2.75, 3.05) is 5.32 Å². The van der Waals surface area contributed by atoms with Crippen LogP contribution in [0.4, 0.5) is 10.8 Å². The molecule has 1 N–H and O–H groups in total. The Labute approximate surface area is 129 Å². The molecule has 0 aliphatic heterocycles. The van der Waals surface area contributed by atoms with E-state index in [1.54, 1.807) is 18.2 Å². The van der Waals surface area contributed by atoms with Gasteiger partial charge in [-0.25, -0.2) is 4.98 Å². The molecular formula is C14H7Cl2N3S. The largest absolute Gasteiger partial charge is 0.330 e. The summed E-state index contributed by atoms with van der Waals surface area (Å²) >= 11 is 13.6. The summed E-state index contributed by atoms with van der Waals surface area (Å²) in [5.41, 5.74) is 2.04. The molecular weight excluding hydrogens is 313 g/mol. The maximum absolute atomic E-state index is 8.92. The van der Waals surface area contributed by atoms with Gasteiger partial charge in [0.15, 0.2) is 5.13 Å². The van der Waals surface area contributed by atoms with Gasteiger partial charge in [-0.05, 0) is 36.4 Å². The number of hydrogen-bond acceptors (Lipinski definition) is 4. The topological polar surface area (TPSA) is 48.7 Å². The number of aromatic nitrogens is 1. The van der Waals surface area contributed by atoms with E-state index >= 15 is 0 Å². The lowest BCUT2D eigenvalue weighted by Crippen LogP contribution is -1.91. The van der Waals surface area contributed by atoms with Crippen molar-refractivity contribution in [1.29, 1.82) is 5.26 Å². The smallest absolute Gasteiger partial charge is 0.188 e. The van der Waals surface area contributed by atoms with Crippen molar-refractivity contribution in [2.24, 2.45) is 0 Å². The normalized spacial score (nSPS) is 10.4. The second kappa shape index (κ2) is 5.29. The van der Waals surface area contributed by atoms with Crippen molar-refractivity contribution in [1.82, 2.24) is 4.98 Å². The van der Waals surface area contributed by atoms with Gasteiger partial charge in [0, 0.05) is 5.02 Å². The van der Waals surface area contributed by atoms with E-state index in [-0.39, 0.29) is 0 Å². The van der Waals surface area contributed by atoms with Gasteiger partial charge in [0.2, 0.25) is 0 Å². The van der Waals surface area contributed by atoms with E-state index in [0.29, 0.717) is 26.4 Å². The lowest BCUT2D eigenvalue weighted by Gasteiger charge is -2.04. The lowest BCUT2D eigenvalue weighted by atomic mass is 10.2.